The summed E-state index contributed by atoms with van der Waals surface area (Å²) >= 11 is 0. The van der Waals surface area contributed by atoms with Crippen molar-refractivity contribution in [2.45, 2.75) is 49.6 Å². The monoisotopic (exact) mass is 476 g/mol. The van der Waals surface area contributed by atoms with Crippen molar-refractivity contribution in [2.75, 3.05) is 20.2 Å². The molecule has 1 unspecified atom stereocenters. The molecule has 1 saturated heterocycles. The molecular formula is C24H29FN2O5S. The number of carbonyl (C=O) groups is 1. The second-order valence-corrected chi connectivity index (χ2v) is 11.1. The van der Waals surface area contributed by atoms with E-state index in [1.165, 1.54) is 16.4 Å². The predicted octanol–water partition coefficient (Wildman–Crippen LogP) is 3.65. The van der Waals surface area contributed by atoms with Gasteiger partial charge in [-0.3, -0.25) is 4.79 Å². The van der Waals surface area contributed by atoms with Gasteiger partial charge >= 0.3 is 0 Å². The van der Waals surface area contributed by atoms with Crippen molar-refractivity contribution in [3.8, 4) is 11.5 Å². The van der Waals surface area contributed by atoms with Gasteiger partial charge in [0, 0.05) is 31.0 Å². The normalized spacial score (nSPS) is 21.0. The molecule has 1 fully saturated rings. The van der Waals surface area contributed by atoms with Crippen LogP contribution in [0.15, 0.2) is 47.4 Å². The van der Waals surface area contributed by atoms with Gasteiger partial charge in [0.2, 0.25) is 15.9 Å². The minimum absolute atomic E-state index is 0.0572. The van der Waals surface area contributed by atoms with Gasteiger partial charge in [-0.2, -0.15) is 4.31 Å². The average molecular weight is 477 g/mol. The van der Waals surface area contributed by atoms with Gasteiger partial charge in [0.05, 0.1) is 18.0 Å². The van der Waals surface area contributed by atoms with Gasteiger partial charge in [-0.1, -0.05) is 0 Å². The summed E-state index contributed by atoms with van der Waals surface area (Å²) in [5.74, 6) is 0.544. The maximum absolute atomic E-state index is 13.2. The summed E-state index contributed by atoms with van der Waals surface area (Å²) in [5, 5.41) is 3.16. The fourth-order valence-electron chi connectivity index (χ4n) is 4.49. The molecular weight excluding hydrogens is 447 g/mol. The first kappa shape index (κ1) is 23.5. The minimum atomic E-state index is -3.71. The number of piperidine rings is 1. The van der Waals surface area contributed by atoms with Crippen molar-refractivity contribution in [3.63, 3.8) is 0 Å². The van der Waals surface area contributed by atoms with Crippen LogP contribution in [0.1, 0.15) is 44.7 Å². The van der Waals surface area contributed by atoms with Gasteiger partial charge in [0.25, 0.3) is 0 Å². The van der Waals surface area contributed by atoms with E-state index in [4.69, 9.17) is 9.47 Å². The Morgan fingerprint density at radius 2 is 1.82 bits per heavy atom. The molecule has 0 spiro atoms. The molecule has 7 nitrogen and oxygen atoms in total. The maximum atomic E-state index is 13.2. The van der Waals surface area contributed by atoms with Crippen LogP contribution in [0.5, 0.6) is 11.5 Å². The molecule has 1 atom stereocenters. The van der Waals surface area contributed by atoms with Crippen LogP contribution < -0.4 is 14.8 Å². The summed E-state index contributed by atoms with van der Waals surface area (Å²) < 4.78 is 51.6. The third-order valence-corrected chi connectivity index (χ3v) is 8.18. The number of hydrogen-bond donors (Lipinski definition) is 1. The molecule has 0 bridgehead atoms. The van der Waals surface area contributed by atoms with Crippen LogP contribution in [0.3, 0.4) is 0 Å². The second kappa shape index (κ2) is 8.95. The quantitative estimate of drug-likeness (QED) is 0.712. The van der Waals surface area contributed by atoms with Crippen molar-refractivity contribution in [1.82, 2.24) is 9.62 Å². The molecule has 178 valence electrons. The molecule has 2 aromatic rings. The summed E-state index contributed by atoms with van der Waals surface area (Å²) in [6.07, 6.45) is 1.45. The summed E-state index contributed by atoms with van der Waals surface area (Å²) in [4.78, 5) is 13.2. The van der Waals surface area contributed by atoms with Gasteiger partial charge < -0.3 is 14.8 Å². The third-order valence-electron chi connectivity index (χ3n) is 6.27. The topological polar surface area (TPSA) is 84.9 Å². The second-order valence-electron chi connectivity index (χ2n) is 9.16. The van der Waals surface area contributed by atoms with E-state index in [1.807, 2.05) is 32.0 Å². The molecule has 0 radical (unpaired) electrons. The number of sulfonamides is 1. The Labute approximate surface area is 193 Å². The number of ether oxygens (including phenoxy) is 2. The van der Waals surface area contributed by atoms with Crippen molar-refractivity contribution < 1.29 is 27.1 Å². The predicted molar refractivity (Wildman–Crippen MR) is 121 cm³/mol. The molecule has 33 heavy (non-hydrogen) atoms. The van der Waals surface area contributed by atoms with E-state index in [0.29, 0.717) is 25.0 Å². The smallest absolute Gasteiger partial charge is 0.243 e. The summed E-state index contributed by atoms with van der Waals surface area (Å²) in [6.45, 7) is 4.44. The Hall–Kier alpha value is -2.65. The van der Waals surface area contributed by atoms with E-state index in [2.05, 4.69) is 5.32 Å². The lowest BCUT2D eigenvalue weighted by atomic mass is 9.88. The molecule has 2 aromatic carbocycles. The number of fused-ring (bicyclic) bond motifs is 1. The summed E-state index contributed by atoms with van der Waals surface area (Å²) in [7, 11) is -2.12. The SMILES string of the molecule is COc1ccc2c(c1)C(NC(=O)C1CCN(S(=O)(=O)c3ccc(F)cc3)CC1)CC(C)(C)O2. The van der Waals surface area contributed by atoms with Gasteiger partial charge in [-0.15, -0.1) is 0 Å². The lowest BCUT2D eigenvalue weighted by Gasteiger charge is -2.39. The Morgan fingerprint density at radius 3 is 2.45 bits per heavy atom. The number of rotatable bonds is 5. The first-order chi connectivity index (χ1) is 15.6. The van der Waals surface area contributed by atoms with Crippen LogP contribution in [0, 0.1) is 11.7 Å². The molecule has 2 aliphatic rings. The maximum Gasteiger partial charge on any atom is 0.243 e. The van der Waals surface area contributed by atoms with E-state index in [0.717, 1.165) is 23.4 Å². The number of nitrogens with one attached hydrogen (secondary N) is 1. The number of methoxy groups -OCH3 is 1. The number of amides is 1. The molecule has 4 rings (SSSR count). The molecule has 1 amide bonds. The lowest BCUT2D eigenvalue weighted by Crippen LogP contribution is -2.46. The average Bonchev–Trinajstić information content (AvgIpc) is 2.78. The number of halogens is 1. The largest absolute Gasteiger partial charge is 0.497 e. The van der Waals surface area contributed by atoms with Crippen LogP contribution in [0.25, 0.3) is 0 Å². The molecule has 0 aromatic heterocycles. The Morgan fingerprint density at radius 1 is 1.15 bits per heavy atom. The van der Waals surface area contributed by atoms with E-state index < -0.39 is 21.4 Å². The van der Waals surface area contributed by atoms with Gasteiger partial charge in [0.15, 0.2) is 0 Å². The Kier molecular flexibility index (Phi) is 6.37. The van der Waals surface area contributed by atoms with Crippen molar-refractivity contribution in [1.29, 1.82) is 0 Å². The minimum Gasteiger partial charge on any atom is -0.497 e. The Bertz CT molecular complexity index is 1130. The van der Waals surface area contributed by atoms with Gasteiger partial charge in [0.1, 0.15) is 22.9 Å². The molecule has 0 aliphatic carbocycles. The van der Waals surface area contributed by atoms with E-state index >= 15 is 0 Å². The number of carbonyl (C=O) groups excluding carboxylic acids is 1. The highest BCUT2D eigenvalue weighted by Crippen LogP contribution is 2.41. The fourth-order valence-corrected chi connectivity index (χ4v) is 5.96. The first-order valence-electron chi connectivity index (χ1n) is 11.0. The summed E-state index contributed by atoms with van der Waals surface area (Å²) in [6, 6.07) is 10.1. The third kappa shape index (κ3) is 4.99. The van der Waals surface area contributed by atoms with Crippen LogP contribution in [-0.4, -0.2) is 44.4 Å². The zero-order valence-corrected chi connectivity index (χ0v) is 19.8. The molecule has 0 saturated carbocycles. The number of hydrogen-bond acceptors (Lipinski definition) is 5. The highest BCUT2D eigenvalue weighted by molar-refractivity contribution is 7.89. The highest BCUT2D eigenvalue weighted by Gasteiger charge is 2.37. The van der Waals surface area contributed by atoms with Gasteiger partial charge in [-0.25, -0.2) is 12.8 Å². The van der Waals surface area contributed by atoms with Crippen molar-refractivity contribution in [3.05, 3.63) is 53.8 Å². The lowest BCUT2D eigenvalue weighted by molar-refractivity contribution is -0.127. The van der Waals surface area contributed by atoms with E-state index in [-0.39, 0.29) is 35.9 Å². The van der Waals surface area contributed by atoms with Crippen molar-refractivity contribution in [2.24, 2.45) is 5.92 Å². The standard InChI is InChI=1S/C24H29FN2O5S/c1-24(2)15-21(20-14-18(31-3)6-9-22(20)32-24)26-23(28)16-10-12-27(13-11-16)33(29,30)19-7-4-17(25)5-8-19/h4-9,14,16,21H,10-13,15H2,1-3H3,(H,26,28). The Balaban J connectivity index is 1.43. The molecule has 2 heterocycles. The highest BCUT2D eigenvalue weighted by atomic mass is 32.2. The molecule has 9 heteroatoms. The van der Waals surface area contributed by atoms with E-state index in [9.17, 15) is 17.6 Å². The zero-order valence-electron chi connectivity index (χ0n) is 19.0. The van der Waals surface area contributed by atoms with Crippen LogP contribution in [0.2, 0.25) is 0 Å². The number of benzene rings is 2. The molecule has 1 N–H and O–H groups in total. The zero-order chi connectivity index (χ0) is 23.8. The number of nitrogens with zero attached hydrogens (tertiary/aromatic N) is 1. The molecule has 2 aliphatic heterocycles. The van der Waals surface area contributed by atoms with E-state index in [1.54, 1.807) is 7.11 Å². The van der Waals surface area contributed by atoms with Crippen LogP contribution in [-0.2, 0) is 14.8 Å². The first-order valence-corrected chi connectivity index (χ1v) is 12.5. The van der Waals surface area contributed by atoms with Gasteiger partial charge in [-0.05, 0) is 69.2 Å². The van der Waals surface area contributed by atoms with Crippen LogP contribution >= 0.6 is 0 Å². The van der Waals surface area contributed by atoms with Crippen LogP contribution in [0.4, 0.5) is 4.39 Å². The van der Waals surface area contributed by atoms with Crippen molar-refractivity contribution >= 4 is 15.9 Å². The summed E-state index contributed by atoms with van der Waals surface area (Å²) in [5.41, 5.74) is 0.435. The fraction of sp³-hybridized carbons (Fsp3) is 0.458.